The van der Waals surface area contributed by atoms with E-state index in [1.54, 1.807) is 12.0 Å². The minimum absolute atomic E-state index is 0.0160. The molecule has 3 rings (SSSR count). The van der Waals surface area contributed by atoms with Crippen LogP contribution in [0.2, 0.25) is 0 Å². The van der Waals surface area contributed by atoms with Crippen LogP contribution in [0.4, 0.5) is 0 Å². The SMILES string of the molecule is COc1cccc(C(C)N(C)C(=O)CCCn2nnnc2CN2CCC(C)CC2)c1. The summed E-state index contributed by atoms with van der Waals surface area (Å²) in [5, 5.41) is 12.2. The van der Waals surface area contributed by atoms with Gasteiger partial charge < -0.3 is 9.64 Å². The molecule has 0 bridgehead atoms. The van der Waals surface area contributed by atoms with E-state index in [0.717, 1.165) is 42.7 Å². The predicted octanol–water partition coefficient (Wildman–Crippen LogP) is 2.91. The van der Waals surface area contributed by atoms with Crippen molar-refractivity contribution in [1.82, 2.24) is 30.0 Å². The fourth-order valence-corrected chi connectivity index (χ4v) is 3.83. The standard InChI is InChI=1S/C22H34N6O2/c1-17-10-13-27(14-11-17)16-21-23-24-25-28(21)12-6-9-22(29)26(3)18(2)19-7-5-8-20(15-19)30-4/h5,7-8,15,17-18H,6,9-14,16H2,1-4H3. The molecule has 2 aromatic rings. The molecule has 2 heterocycles. The Morgan fingerprint density at radius 3 is 2.83 bits per heavy atom. The third-order valence-corrected chi connectivity index (χ3v) is 6.16. The second kappa shape index (κ2) is 10.5. The Bertz CT molecular complexity index is 815. The summed E-state index contributed by atoms with van der Waals surface area (Å²) in [4.78, 5) is 16.9. The lowest BCUT2D eigenvalue weighted by Gasteiger charge is -2.29. The maximum Gasteiger partial charge on any atom is 0.222 e. The highest BCUT2D eigenvalue weighted by molar-refractivity contribution is 5.76. The van der Waals surface area contributed by atoms with Crippen molar-refractivity contribution in [2.75, 3.05) is 27.2 Å². The lowest BCUT2D eigenvalue weighted by atomic mass is 9.99. The van der Waals surface area contributed by atoms with Crippen molar-refractivity contribution in [1.29, 1.82) is 0 Å². The average Bonchev–Trinajstić information content (AvgIpc) is 3.21. The number of hydrogen-bond donors (Lipinski definition) is 0. The molecule has 1 saturated heterocycles. The molecule has 1 aromatic carbocycles. The van der Waals surface area contributed by atoms with Crippen LogP contribution in [0.25, 0.3) is 0 Å². The third-order valence-electron chi connectivity index (χ3n) is 6.16. The van der Waals surface area contributed by atoms with Gasteiger partial charge in [-0.15, -0.1) is 5.10 Å². The van der Waals surface area contributed by atoms with Gasteiger partial charge in [0.15, 0.2) is 5.82 Å². The summed E-state index contributed by atoms with van der Waals surface area (Å²) in [5.41, 5.74) is 1.06. The van der Waals surface area contributed by atoms with Gasteiger partial charge in [-0.3, -0.25) is 9.69 Å². The van der Waals surface area contributed by atoms with E-state index in [1.165, 1.54) is 12.8 Å². The maximum absolute atomic E-state index is 12.7. The van der Waals surface area contributed by atoms with E-state index in [0.29, 0.717) is 19.4 Å². The van der Waals surface area contributed by atoms with Crippen LogP contribution in [0.5, 0.6) is 5.75 Å². The van der Waals surface area contributed by atoms with Crippen LogP contribution in [-0.4, -0.2) is 63.2 Å². The van der Waals surface area contributed by atoms with Crippen molar-refractivity contribution in [3.05, 3.63) is 35.7 Å². The van der Waals surface area contributed by atoms with Gasteiger partial charge in [-0.25, -0.2) is 4.68 Å². The van der Waals surface area contributed by atoms with Crippen molar-refractivity contribution in [3.63, 3.8) is 0 Å². The topological polar surface area (TPSA) is 76.4 Å². The second-order valence-corrected chi connectivity index (χ2v) is 8.34. The van der Waals surface area contributed by atoms with Crippen molar-refractivity contribution in [2.24, 2.45) is 5.92 Å². The van der Waals surface area contributed by atoms with E-state index in [2.05, 4.69) is 27.3 Å². The minimum atomic E-state index is -0.0160. The molecule has 1 atom stereocenters. The van der Waals surface area contributed by atoms with Gasteiger partial charge >= 0.3 is 0 Å². The fraction of sp³-hybridized carbons (Fsp3) is 0.636. The molecule has 0 spiro atoms. The number of nitrogens with zero attached hydrogens (tertiary/aromatic N) is 6. The van der Waals surface area contributed by atoms with E-state index in [9.17, 15) is 4.79 Å². The summed E-state index contributed by atoms with van der Waals surface area (Å²) in [6.45, 7) is 7.97. The van der Waals surface area contributed by atoms with Gasteiger partial charge in [0.1, 0.15) is 5.75 Å². The Kier molecular flexibility index (Phi) is 7.79. The largest absolute Gasteiger partial charge is 0.497 e. The molecule has 30 heavy (non-hydrogen) atoms. The van der Waals surface area contributed by atoms with E-state index < -0.39 is 0 Å². The number of aryl methyl sites for hydroxylation is 1. The number of tetrazole rings is 1. The molecule has 1 aliphatic heterocycles. The van der Waals surface area contributed by atoms with Gasteiger partial charge in [0.05, 0.1) is 19.7 Å². The first-order chi connectivity index (χ1) is 14.5. The number of piperidine rings is 1. The number of amides is 1. The number of benzene rings is 1. The van der Waals surface area contributed by atoms with Crippen LogP contribution in [0.15, 0.2) is 24.3 Å². The van der Waals surface area contributed by atoms with Crippen LogP contribution in [-0.2, 0) is 17.9 Å². The predicted molar refractivity (Wildman–Crippen MR) is 115 cm³/mol. The lowest BCUT2D eigenvalue weighted by molar-refractivity contribution is -0.132. The molecule has 8 heteroatoms. The summed E-state index contributed by atoms with van der Waals surface area (Å²) in [5.74, 6) is 2.61. The monoisotopic (exact) mass is 414 g/mol. The van der Waals surface area contributed by atoms with Crippen LogP contribution in [0.1, 0.15) is 57.0 Å². The number of rotatable bonds is 9. The molecule has 1 amide bonds. The van der Waals surface area contributed by atoms with Gasteiger partial charge in [-0.2, -0.15) is 0 Å². The van der Waals surface area contributed by atoms with Gasteiger partial charge in [-0.05, 0) is 73.3 Å². The molecule has 0 radical (unpaired) electrons. The van der Waals surface area contributed by atoms with Gasteiger partial charge in [0, 0.05) is 20.0 Å². The summed E-state index contributed by atoms with van der Waals surface area (Å²) in [6, 6.07) is 7.84. The zero-order valence-corrected chi connectivity index (χ0v) is 18.6. The van der Waals surface area contributed by atoms with E-state index in [1.807, 2.05) is 42.9 Å². The summed E-state index contributed by atoms with van der Waals surface area (Å²) >= 11 is 0. The first kappa shape index (κ1) is 22.2. The van der Waals surface area contributed by atoms with Crippen molar-refractivity contribution < 1.29 is 9.53 Å². The number of methoxy groups -OCH3 is 1. The molecule has 8 nitrogen and oxygen atoms in total. The molecule has 1 unspecified atom stereocenters. The normalized spacial score (nSPS) is 16.4. The Hall–Kier alpha value is -2.48. The van der Waals surface area contributed by atoms with Crippen LogP contribution >= 0.6 is 0 Å². The number of aromatic nitrogens is 4. The Labute approximate surface area is 179 Å². The van der Waals surface area contributed by atoms with Crippen molar-refractivity contribution in [2.45, 2.75) is 58.7 Å². The third kappa shape index (κ3) is 5.78. The van der Waals surface area contributed by atoms with Crippen molar-refractivity contribution in [3.8, 4) is 5.75 Å². The molecule has 164 valence electrons. The van der Waals surface area contributed by atoms with Gasteiger partial charge in [0.2, 0.25) is 5.91 Å². The van der Waals surface area contributed by atoms with Gasteiger partial charge in [-0.1, -0.05) is 19.1 Å². The molecule has 1 aliphatic rings. The zero-order valence-electron chi connectivity index (χ0n) is 18.6. The molecular formula is C22H34N6O2. The molecule has 0 aliphatic carbocycles. The highest BCUT2D eigenvalue weighted by Gasteiger charge is 2.20. The van der Waals surface area contributed by atoms with Crippen LogP contribution in [0, 0.1) is 5.92 Å². The number of carbonyl (C=O) groups is 1. The number of carbonyl (C=O) groups excluding carboxylic acids is 1. The first-order valence-corrected chi connectivity index (χ1v) is 10.8. The molecule has 0 saturated carbocycles. The number of hydrogen-bond acceptors (Lipinski definition) is 6. The highest BCUT2D eigenvalue weighted by atomic mass is 16.5. The average molecular weight is 415 g/mol. The lowest BCUT2D eigenvalue weighted by Crippen LogP contribution is -2.33. The number of likely N-dealkylation sites (tertiary alicyclic amines) is 1. The Morgan fingerprint density at radius 2 is 2.10 bits per heavy atom. The van der Waals surface area contributed by atoms with E-state index in [-0.39, 0.29) is 11.9 Å². The Balaban J connectivity index is 1.48. The minimum Gasteiger partial charge on any atom is -0.497 e. The van der Waals surface area contributed by atoms with Crippen molar-refractivity contribution >= 4 is 5.91 Å². The first-order valence-electron chi connectivity index (χ1n) is 10.8. The molecular weight excluding hydrogens is 380 g/mol. The smallest absolute Gasteiger partial charge is 0.222 e. The highest BCUT2D eigenvalue weighted by Crippen LogP contribution is 2.23. The zero-order chi connectivity index (χ0) is 21.5. The molecule has 1 fully saturated rings. The van der Waals surface area contributed by atoms with Crippen LogP contribution in [0.3, 0.4) is 0 Å². The second-order valence-electron chi connectivity index (χ2n) is 8.34. The quantitative estimate of drug-likeness (QED) is 0.628. The fourth-order valence-electron chi connectivity index (χ4n) is 3.83. The summed E-state index contributed by atoms with van der Waals surface area (Å²) in [7, 11) is 3.50. The summed E-state index contributed by atoms with van der Waals surface area (Å²) in [6.07, 6.45) is 3.64. The van der Waals surface area contributed by atoms with E-state index in [4.69, 9.17) is 4.74 Å². The number of ether oxygens (including phenoxy) is 1. The Morgan fingerprint density at radius 1 is 1.33 bits per heavy atom. The van der Waals surface area contributed by atoms with Crippen LogP contribution < -0.4 is 4.74 Å². The molecule has 0 N–H and O–H groups in total. The van der Waals surface area contributed by atoms with Gasteiger partial charge in [0.25, 0.3) is 0 Å². The summed E-state index contributed by atoms with van der Waals surface area (Å²) < 4.78 is 7.14. The van der Waals surface area contributed by atoms with E-state index >= 15 is 0 Å². The molecule has 1 aromatic heterocycles. The maximum atomic E-state index is 12.7.